The van der Waals surface area contributed by atoms with Crippen LogP contribution in [0.25, 0.3) is 0 Å². The van der Waals surface area contributed by atoms with Gasteiger partial charge in [0, 0.05) is 10.2 Å². The summed E-state index contributed by atoms with van der Waals surface area (Å²) < 4.78 is 27.3. The quantitative estimate of drug-likeness (QED) is 0.943. The maximum atomic E-state index is 12.1. The van der Waals surface area contributed by atoms with E-state index in [1.165, 1.54) is 12.1 Å². The molecule has 0 radical (unpaired) electrons. The van der Waals surface area contributed by atoms with Gasteiger partial charge in [0.2, 0.25) is 0 Å². The second kappa shape index (κ2) is 5.07. The van der Waals surface area contributed by atoms with E-state index in [9.17, 15) is 8.42 Å². The minimum absolute atomic E-state index is 0.195. The third kappa shape index (κ3) is 3.08. The first-order valence-corrected chi connectivity index (χ1v) is 7.47. The number of nitrogens with zero attached hydrogens (tertiary/aromatic N) is 1. The molecule has 0 aliphatic carbocycles. The van der Waals surface area contributed by atoms with Gasteiger partial charge >= 0.3 is 0 Å². The van der Waals surface area contributed by atoms with Crippen LogP contribution in [0.15, 0.2) is 51.8 Å². The number of halogens is 1. The van der Waals surface area contributed by atoms with Gasteiger partial charge in [0.15, 0.2) is 0 Å². The second-order valence-corrected chi connectivity index (χ2v) is 6.33. The van der Waals surface area contributed by atoms with E-state index < -0.39 is 10.0 Å². The van der Waals surface area contributed by atoms with Gasteiger partial charge in [-0.2, -0.15) is 0 Å². The molecule has 0 aliphatic rings. The van der Waals surface area contributed by atoms with Gasteiger partial charge in [-0.25, -0.2) is 13.4 Å². The van der Waals surface area contributed by atoms with E-state index >= 15 is 0 Å². The van der Waals surface area contributed by atoms with Crippen LogP contribution in [0.4, 0.5) is 5.82 Å². The molecule has 0 aliphatic heterocycles. The van der Waals surface area contributed by atoms with Crippen molar-refractivity contribution in [2.45, 2.75) is 11.8 Å². The third-order valence-electron chi connectivity index (χ3n) is 2.23. The van der Waals surface area contributed by atoms with Crippen molar-refractivity contribution in [1.82, 2.24) is 4.98 Å². The SMILES string of the molecule is Cc1cccc(NS(=O)(=O)c2cccc(Br)c2)n1. The monoisotopic (exact) mass is 326 g/mol. The molecule has 1 aromatic carbocycles. The lowest BCUT2D eigenvalue weighted by molar-refractivity contribution is 0.601. The fourth-order valence-electron chi connectivity index (χ4n) is 1.43. The second-order valence-electron chi connectivity index (χ2n) is 3.73. The zero-order valence-electron chi connectivity index (χ0n) is 9.59. The van der Waals surface area contributed by atoms with Gasteiger partial charge in [-0.3, -0.25) is 4.72 Å². The van der Waals surface area contributed by atoms with Crippen LogP contribution < -0.4 is 4.72 Å². The lowest BCUT2D eigenvalue weighted by Crippen LogP contribution is -2.14. The van der Waals surface area contributed by atoms with Crippen LogP contribution in [0.1, 0.15) is 5.69 Å². The van der Waals surface area contributed by atoms with E-state index in [1.54, 1.807) is 37.3 Å². The lowest BCUT2D eigenvalue weighted by Gasteiger charge is -2.07. The number of aryl methyl sites for hydroxylation is 1. The Hall–Kier alpha value is -1.40. The Morgan fingerprint density at radius 1 is 1.17 bits per heavy atom. The van der Waals surface area contributed by atoms with Crippen molar-refractivity contribution in [2.24, 2.45) is 0 Å². The number of nitrogens with one attached hydrogen (secondary N) is 1. The minimum Gasteiger partial charge on any atom is -0.263 e. The fourth-order valence-corrected chi connectivity index (χ4v) is 3.03. The van der Waals surface area contributed by atoms with E-state index in [0.29, 0.717) is 10.3 Å². The Kier molecular flexibility index (Phi) is 3.68. The van der Waals surface area contributed by atoms with Gasteiger partial charge < -0.3 is 0 Å². The number of benzene rings is 1. The van der Waals surface area contributed by atoms with Crippen LogP contribution in [0, 0.1) is 6.92 Å². The van der Waals surface area contributed by atoms with Crippen molar-refractivity contribution >= 4 is 31.8 Å². The molecular weight excluding hydrogens is 316 g/mol. The summed E-state index contributed by atoms with van der Waals surface area (Å²) in [4.78, 5) is 4.30. The summed E-state index contributed by atoms with van der Waals surface area (Å²) in [5, 5.41) is 0. The van der Waals surface area contributed by atoms with Gasteiger partial charge in [-0.05, 0) is 37.3 Å². The van der Waals surface area contributed by atoms with Crippen molar-refractivity contribution in [3.63, 3.8) is 0 Å². The molecule has 0 saturated heterocycles. The molecule has 1 N–H and O–H groups in total. The molecule has 0 fully saturated rings. The molecule has 4 nitrogen and oxygen atoms in total. The number of hydrogen-bond donors (Lipinski definition) is 1. The summed E-state index contributed by atoms with van der Waals surface area (Å²) in [6.45, 7) is 1.80. The highest BCUT2D eigenvalue weighted by molar-refractivity contribution is 9.10. The molecule has 0 amide bonds. The zero-order chi connectivity index (χ0) is 13.2. The molecule has 94 valence electrons. The molecule has 0 atom stereocenters. The normalized spacial score (nSPS) is 11.2. The van der Waals surface area contributed by atoms with Crippen LogP contribution in [-0.2, 0) is 10.0 Å². The molecule has 0 saturated carbocycles. The van der Waals surface area contributed by atoms with Gasteiger partial charge in [-0.15, -0.1) is 0 Å². The zero-order valence-corrected chi connectivity index (χ0v) is 12.0. The van der Waals surface area contributed by atoms with Crippen molar-refractivity contribution in [1.29, 1.82) is 0 Å². The van der Waals surface area contributed by atoms with Crippen LogP contribution in [0.2, 0.25) is 0 Å². The Bertz CT molecular complexity index is 671. The van der Waals surface area contributed by atoms with Crippen molar-refractivity contribution in [3.05, 3.63) is 52.6 Å². The van der Waals surface area contributed by atoms with E-state index in [4.69, 9.17) is 0 Å². The molecular formula is C12H11BrN2O2S. The smallest absolute Gasteiger partial charge is 0.263 e. The molecule has 6 heteroatoms. The molecule has 0 unspecified atom stereocenters. The van der Waals surface area contributed by atoms with Crippen molar-refractivity contribution in [2.75, 3.05) is 4.72 Å². The van der Waals surface area contributed by atoms with Gasteiger partial charge in [0.1, 0.15) is 5.82 Å². The van der Waals surface area contributed by atoms with E-state index in [0.717, 1.165) is 5.69 Å². The van der Waals surface area contributed by atoms with Crippen LogP contribution in [0.3, 0.4) is 0 Å². The Morgan fingerprint density at radius 3 is 2.56 bits per heavy atom. The summed E-state index contributed by atoms with van der Waals surface area (Å²) in [5.41, 5.74) is 0.754. The van der Waals surface area contributed by atoms with Crippen LogP contribution in [0.5, 0.6) is 0 Å². The third-order valence-corrected chi connectivity index (χ3v) is 4.08. The number of aromatic nitrogens is 1. The average molecular weight is 327 g/mol. The molecule has 0 bridgehead atoms. The summed E-state index contributed by atoms with van der Waals surface area (Å²) in [6.07, 6.45) is 0. The first-order chi connectivity index (χ1) is 8.47. The molecule has 1 aromatic heterocycles. The maximum absolute atomic E-state index is 12.1. The fraction of sp³-hybridized carbons (Fsp3) is 0.0833. The van der Waals surface area contributed by atoms with Gasteiger partial charge in [-0.1, -0.05) is 28.1 Å². The van der Waals surface area contributed by atoms with E-state index in [1.807, 2.05) is 0 Å². The largest absolute Gasteiger partial charge is 0.263 e. The van der Waals surface area contributed by atoms with Crippen molar-refractivity contribution < 1.29 is 8.42 Å². The topological polar surface area (TPSA) is 59.1 Å². The number of sulfonamides is 1. The molecule has 1 heterocycles. The predicted molar refractivity (Wildman–Crippen MR) is 73.9 cm³/mol. The van der Waals surface area contributed by atoms with Gasteiger partial charge in [0.25, 0.3) is 10.0 Å². The number of pyridine rings is 1. The molecule has 2 aromatic rings. The summed E-state index contributed by atoms with van der Waals surface area (Å²) >= 11 is 3.24. The first kappa shape index (κ1) is 13.0. The van der Waals surface area contributed by atoms with Crippen LogP contribution in [-0.4, -0.2) is 13.4 Å². The maximum Gasteiger partial charge on any atom is 0.263 e. The lowest BCUT2D eigenvalue weighted by atomic mass is 10.4. The van der Waals surface area contributed by atoms with E-state index in [-0.39, 0.29) is 4.90 Å². The number of anilines is 1. The Morgan fingerprint density at radius 2 is 1.89 bits per heavy atom. The Balaban J connectivity index is 2.33. The number of hydrogen-bond acceptors (Lipinski definition) is 3. The molecule has 18 heavy (non-hydrogen) atoms. The summed E-state index contributed by atoms with van der Waals surface area (Å²) in [5.74, 6) is 0.315. The highest BCUT2D eigenvalue weighted by Crippen LogP contribution is 2.18. The Labute approximate surface area is 114 Å². The summed E-state index contributed by atoms with van der Waals surface area (Å²) in [7, 11) is -3.60. The van der Waals surface area contributed by atoms with Crippen LogP contribution >= 0.6 is 15.9 Å². The van der Waals surface area contributed by atoms with E-state index in [2.05, 4.69) is 25.6 Å². The average Bonchev–Trinajstić information content (AvgIpc) is 2.28. The number of rotatable bonds is 3. The predicted octanol–water partition coefficient (Wildman–Crippen LogP) is 2.95. The highest BCUT2D eigenvalue weighted by Gasteiger charge is 2.14. The standard InChI is InChI=1S/C12H11BrN2O2S/c1-9-4-2-7-12(14-9)15-18(16,17)11-6-3-5-10(13)8-11/h2-8H,1H3,(H,14,15). The van der Waals surface area contributed by atoms with Gasteiger partial charge in [0.05, 0.1) is 4.90 Å². The van der Waals surface area contributed by atoms with Crippen molar-refractivity contribution in [3.8, 4) is 0 Å². The first-order valence-electron chi connectivity index (χ1n) is 5.19. The molecule has 2 rings (SSSR count). The summed E-state index contributed by atoms with van der Waals surface area (Å²) in [6, 6.07) is 11.7. The minimum atomic E-state index is -3.60. The molecule has 0 spiro atoms. The highest BCUT2D eigenvalue weighted by atomic mass is 79.9.